The highest BCUT2D eigenvalue weighted by Crippen LogP contribution is 2.39. The fraction of sp³-hybridized carbons (Fsp3) is 0.217. The number of carbonyl (C=O) groups excluding carboxylic acids is 1. The van der Waals surface area contributed by atoms with Crippen molar-refractivity contribution in [3.8, 4) is 29.6 Å². The van der Waals surface area contributed by atoms with Gasteiger partial charge < -0.3 is 14.2 Å². The van der Waals surface area contributed by atoms with E-state index in [2.05, 4.69) is 26.8 Å². The second kappa shape index (κ2) is 10.4. The smallest absolute Gasteiger partial charge is 0.266 e. The van der Waals surface area contributed by atoms with Crippen molar-refractivity contribution in [1.29, 1.82) is 0 Å². The summed E-state index contributed by atoms with van der Waals surface area (Å²) in [6.07, 6.45) is 7.09. The maximum Gasteiger partial charge on any atom is 0.266 e. The van der Waals surface area contributed by atoms with Gasteiger partial charge in [0.1, 0.15) is 12.4 Å². The molecule has 31 heavy (non-hydrogen) atoms. The van der Waals surface area contributed by atoms with Crippen LogP contribution < -0.4 is 14.2 Å². The monoisotopic (exact) mass is 500 g/mol. The van der Waals surface area contributed by atoms with Crippen LogP contribution >= 0.6 is 27.7 Å². The van der Waals surface area contributed by atoms with E-state index in [1.165, 1.54) is 11.8 Å². The zero-order chi connectivity index (χ0) is 22.4. The Morgan fingerprint density at radius 1 is 1.23 bits per heavy atom. The van der Waals surface area contributed by atoms with Gasteiger partial charge in [0.15, 0.2) is 16.7 Å². The molecule has 6 nitrogen and oxygen atoms in total. The Bertz CT molecular complexity index is 1070. The van der Waals surface area contributed by atoms with E-state index in [4.69, 9.17) is 20.6 Å². The van der Waals surface area contributed by atoms with Gasteiger partial charge in [-0.05, 0) is 82.7 Å². The number of thioether (sulfide) groups is 1. The second-order valence-corrected chi connectivity index (χ2v) is 8.14. The van der Waals surface area contributed by atoms with Crippen molar-refractivity contribution >= 4 is 50.5 Å². The molecule has 0 unspecified atom stereocenters. The average Bonchev–Trinajstić information content (AvgIpc) is 3.06. The Balaban J connectivity index is 1.92. The van der Waals surface area contributed by atoms with Gasteiger partial charge in [-0.2, -0.15) is 0 Å². The lowest BCUT2D eigenvalue weighted by molar-refractivity contribution is -0.122. The van der Waals surface area contributed by atoms with Crippen molar-refractivity contribution in [3.63, 3.8) is 0 Å². The maximum absolute atomic E-state index is 12.9. The van der Waals surface area contributed by atoms with E-state index in [0.717, 1.165) is 17.0 Å². The summed E-state index contributed by atoms with van der Waals surface area (Å²) in [5.74, 6) is 4.13. The number of rotatable bonds is 7. The molecule has 0 N–H and O–H groups in total. The predicted octanol–water partition coefficient (Wildman–Crippen LogP) is 5.10. The number of carbonyl (C=O) groups is 1. The summed E-state index contributed by atoms with van der Waals surface area (Å²) in [6.45, 7) is 2.56. The molecule has 3 rings (SSSR count). The van der Waals surface area contributed by atoms with Crippen molar-refractivity contribution in [2.75, 3.05) is 27.4 Å². The fourth-order valence-electron chi connectivity index (χ4n) is 2.87. The number of amides is 1. The molecule has 1 heterocycles. The number of hydrogen-bond acceptors (Lipinski definition) is 6. The standard InChI is InChI=1S/C23H21BrN2O4S/c1-5-11-30-21-18(24)12-15(13-19(21)29-4)14-20-22(27)26(6-2)23(31-20)25-16-7-9-17(28-3)10-8-16/h1,7-10,12-14H,6,11H2,2-4H3/b20-14+,25-23?. The van der Waals surface area contributed by atoms with Gasteiger partial charge in [-0.3, -0.25) is 9.69 Å². The number of terminal acetylenes is 1. The zero-order valence-electron chi connectivity index (χ0n) is 17.3. The van der Waals surface area contributed by atoms with Gasteiger partial charge in [0.2, 0.25) is 0 Å². The molecule has 1 fully saturated rings. The highest BCUT2D eigenvalue weighted by Gasteiger charge is 2.32. The Morgan fingerprint density at radius 3 is 2.58 bits per heavy atom. The molecule has 2 aromatic rings. The maximum atomic E-state index is 12.9. The molecule has 0 aromatic heterocycles. The predicted molar refractivity (Wildman–Crippen MR) is 128 cm³/mol. The molecular formula is C23H21BrN2O4S. The molecule has 0 radical (unpaired) electrons. The summed E-state index contributed by atoms with van der Waals surface area (Å²) in [4.78, 5) is 19.8. The fourth-order valence-corrected chi connectivity index (χ4v) is 4.50. The summed E-state index contributed by atoms with van der Waals surface area (Å²) in [5.41, 5.74) is 1.53. The number of benzene rings is 2. The van der Waals surface area contributed by atoms with E-state index in [1.54, 1.807) is 25.2 Å². The topological polar surface area (TPSA) is 60.4 Å². The molecular weight excluding hydrogens is 480 g/mol. The molecule has 0 saturated carbocycles. The molecule has 1 amide bonds. The van der Waals surface area contributed by atoms with E-state index in [9.17, 15) is 4.79 Å². The Hall–Kier alpha value is -2.89. The number of nitrogens with zero attached hydrogens (tertiary/aromatic N) is 2. The molecule has 8 heteroatoms. The van der Waals surface area contributed by atoms with Gasteiger partial charge in [-0.15, -0.1) is 6.42 Å². The lowest BCUT2D eigenvalue weighted by atomic mass is 10.2. The summed E-state index contributed by atoms with van der Waals surface area (Å²) in [6, 6.07) is 11.0. The van der Waals surface area contributed by atoms with Gasteiger partial charge in [-0.25, -0.2) is 4.99 Å². The number of amidine groups is 1. The number of halogens is 1. The minimum Gasteiger partial charge on any atom is -0.497 e. The molecule has 0 aliphatic carbocycles. The molecule has 1 aliphatic heterocycles. The van der Waals surface area contributed by atoms with E-state index in [1.807, 2.05) is 43.3 Å². The lowest BCUT2D eigenvalue weighted by Crippen LogP contribution is -2.28. The first-order valence-corrected chi connectivity index (χ1v) is 11.0. The second-order valence-electron chi connectivity index (χ2n) is 6.28. The van der Waals surface area contributed by atoms with E-state index >= 15 is 0 Å². The highest BCUT2D eigenvalue weighted by atomic mass is 79.9. The molecule has 0 spiro atoms. The summed E-state index contributed by atoms with van der Waals surface area (Å²) in [7, 11) is 3.17. The molecule has 1 aliphatic rings. The Morgan fingerprint density at radius 2 is 1.97 bits per heavy atom. The molecule has 1 saturated heterocycles. The average molecular weight is 501 g/mol. The van der Waals surface area contributed by atoms with Gasteiger partial charge in [-0.1, -0.05) is 5.92 Å². The minimum atomic E-state index is -0.0949. The lowest BCUT2D eigenvalue weighted by Gasteiger charge is -2.12. The molecule has 0 atom stereocenters. The quantitative estimate of drug-likeness (QED) is 0.390. The summed E-state index contributed by atoms with van der Waals surface area (Å²) < 4.78 is 16.8. The Labute approximate surface area is 194 Å². The van der Waals surface area contributed by atoms with Crippen LogP contribution in [0.15, 0.2) is 50.8 Å². The third kappa shape index (κ3) is 5.24. The number of aliphatic imine (C=N–C) groups is 1. The first-order valence-electron chi connectivity index (χ1n) is 9.38. The highest BCUT2D eigenvalue weighted by molar-refractivity contribution is 9.10. The van der Waals surface area contributed by atoms with E-state index in [-0.39, 0.29) is 12.5 Å². The van der Waals surface area contributed by atoms with Crippen molar-refractivity contribution in [2.45, 2.75) is 6.92 Å². The number of hydrogen-bond donors (Lipinski definition) is 0. The Kier molecular flexibility index (Phi) is 7.66. The zero-order valence-corrected chi connectivity index (χ0v) is 19.7. The first kappa shape index (κ1) is 22.8. The summed E-state index contributed by atoms with van der Waals surface area (Å²) >= 11 is 4.82. The van der Waals surface area contributed by atoms with Gasteiger partial charge in [0.25, 0.3) is 5.91 Å². The van der Waals surface area contributed by atoms with E-state index < -0.39 is 0 Å². The minimum absolute atomic E-state index is 0.0949. The third-order valence-electron chi connectivity index (χ3n) is 4.35. The van der Waals surface area contributed by atoms with Gasteiger partial charge in [0, 0.05) is 6.54 Å². The van der Waals surface area contributed by atoms with Crippen LogP contribution in [0.1, 0.15) is 12.5 Å². The van der Waals surface area contributed by atoms with Gasteiger partial charge >= 0.3 is 0 Å². The SMILES string of the molecule is C#CCOc1c(Br)cc(/C=C2/SC(=Nc3ccc(OC)cc3)N(CC)C2=O)cc1OC. The molecule has 160 valence electrons. The van der Waals surface area contributed by atoms with Crippen molar-refractivity contribution in [2.24, 2.45) is 4.99 Å². The van der Waals surface area contributed by atoms with Crippen LogP contribution in [-0.2, 0) is 4.79 Å². The first-order chi connectivity index (χ1) is 15.0. The van der Waals surface area contributed by atoms with Crippen molar-refractivity contribution < 1.29 is 19.0 Å². The number of ether oxygens (including phenoxy) is 3. The van der Waals surface area contributed by atoms with Gasteiger partial charge in [0.05, 0.1) is 29.3 Å². The largest absolute Gasteiger partial charge is 0.497 e. The van der Waals surface area contributed by atoms with Crippen LogP contribution in [0.3, 0.4) is 0 Å². The van der Waals surface area contributed by atoms with Crippen LogP contribution in [-0.4, -0.2) is 43.3 Å². The summed E-state index contributed by atoms with van der Waals surface area (Å²) in [5, 5.41) is 0.629. The van der Waals surface area contributed by atoms with Crippen LogP contribution in [0.2, 0.25) is 0 Å². The molecule has 2 aromatic carbocycles. The van der Waals surface area contributed by atoms with Crippen LogP contribution in [0.4, 0.5) is 5.69 Å². The van der Waals surface area contributed by atoms with Crippen molar-refractivity contribution in [1.82, 2.24) is 4.90 Å². The van der Waals surface area contributed by atoms with E-state index in [0.29, 0.717) is 32.6 Å². The third-order valence-corrected chi connectivity index (χ3v) is 5.95. The molecule has 0 bridgehead atoms. The van der Waals surface area contributed by atoms with Crippen LogP contribution in [0, 0.1) is 12.3 Å². The van der Waals surface area contributed by atoms with Crippen LogP contribution in [0.5, 0.6) is 17.2 Å². The van der Waals surface area contributed by atoms with Crippen molar-refractivity contribution in [3.05, 3.63) is 51.3 Å². The number of methoxy groups -OCH3 is 2. The number of likely N-dealkylation sites (N-methyl/N-ethyl adjacent to an activating group) is 1. The normalized spacial score (nSPS) is 16.0. The van der Waals surface area contributed by atoms with Crippen LogP contribution in [0.25, 0.3) is 6.08 Å².